The molecule has 0 radical (unpaired) electrons. The molecular weight excluding hydrogens is 376 g/mol. The first-order valence-electron chi connectivity index (χ1n) is 8.92. The summed E-state index contributed by atoms with van der Waals surface area (Å²) in [4.78, 5) is 32.1. The normalized spacial score (nSPS) is 32.3. The van der Waals surface area contributed by atoms with Gasteiger partial charge in [0.15, 0.2) is 0 Å². The molecule has 1 amide bonds. The van der Waals surface area contributed by atoms with E-state index in [0.717, 1.165) is 6.42 Å². The SMILES string of the molecule is B[PH]1(O)OCC2OC(N3CNc4c(NC(=O)CCC)ncnc43)C(O)[C@@H]2O1. The van der Waals surface area contributed by atoms with Crippen molar-refractivity contribution in [2.75, 3.05) is 28.8 Å². The molecule has 4 atom stereocenters. The van der Waals surface area contributed by atoms with Gasteiger partial charge in [0.1, 0.15) is 0 Å². The Hall–Kier alpha value is -1.56. The molecule has 13 heteroatoms. The minimum atomic E-state index is -3.24. The second-order valence-electron chi connectivity index (χ2n) is 6.87. The monoisotopic (exact) mass is 399 g/mol. The predicted octanol–water partition coefficient (Wildman–Crippen LogP) is -1.06. The molecule has 1 aromatic rings. The van der Waals surface area contributed by atoms with E-state index >= 15 is 0 Å². The number of hydrogen-bond acceptors (Lipinski definition) is 10. The van der Waals surface area contributed by atoms with Gasteiger partial charge < -0.3 is 0 Å². The van der Waals surface area contributed by atoms with Gasteiger partial charge in [-0.05, 0) is 0 Å². The van der Waals surface area contributed by atoms with Crippen LogP contribution in [0.2, 0.25) is 0 Å². The number of nitrogens with zero attached hydrogens (tertiary/aromatic N) is 3. The third kappa shape index (κ3) is 3.48. The summed E-state index contributed by atoms with van der Waals surface area (Å²) in [7, 11) is -1.73. The minimum absolute atomic E-state index is 0.125. The van der Waals surface area contributed by atoms with Crippen LogP contribution in [0.25, 0.3) is 0 Å². The standard InChI is InChI=1S/C14H23BN5O6P/c1-2-3-8(21)19-12-9-13(17-5-16-12)20(6-18-9)14-10(22)11-7(25-14)4-24-27(15,23)26-11/h5,7,10-11,14,18,22-23,27H,2-4,6,15H2,1H3,(H,16,17,19,21)/t7?,10?,11-,14?/m1/s1. The van der Waals surface area contributed by atoms with Crippen molar-refractivity contribution >= 4 is 38.6 Å². The Bertz CT molecular complexity index is 742. The van der Waals surface area contributed by atoms with Gasteiger partial charge >= 0.3 is 150 Å². The van der Waals surface area contributed by atoms with Crippen molar-refractivity contribution in [2.24, 2.45) is 0 Å². The van der Waals surface area contributed by atoms with Gasteiger partial charge in [-0.15, -0.1) is 0 Å². The fourth-order valence-electron chi connectivity index (χ4n) is 3.50. The molecule has 1 aromatic heterocycles. The van der Waals surface area contributed by atoms with Gasteiger partial charge in [0, 0.05) is 0 Å². The van der Waals surface area contributed by atoms with E-state index < -0.39 is 32.4 Å². The third-order valence-electron chi connectivity index (χ3n) is 4.75. The van der Waals surface area contributed by atoms with Crippen LogP contribution in [0, 0.1) is 0 Å². The van der Waals surface area contributed by atoms with Gasteiger partial charge in [0.05, 0.1) is 0 Å². The number of nitrogens with one attached hydrogen (secondary N) is 2. The summed E-state index contributed by atoms with van der Waals surface area (Å²) >= 11 is 0. The number of hydrogen-bond donors (Lipinski definition) is 4. The Kier molecular flexibility index (Phi) is 4.95. The van der Waals surface area contributed by atoms with Crippen LogP contribution in [0.1, 0.15) is 19.8 Å². The first kappa shape index (κ1) is 18.8. The Balaban J connectivity index is 1.54. The van der Waals surface area contributed by atoms with E-state index in [4.69, 9.17) is 13.8 Å². The zero-order valence-electron chi connectivity index (χ0n) is 15.1. The molecule has 27 heavy (non-hydrogen) atoms. The summed E-state index contributed by atoms with van der Waals surface area (Å²) in [5.74, 6) is 0.782. The van der Waals surface area contributed by atoms with Crippen LogP contribution < -0.4 is 15.5 Å². The number of aliphatic hydroxyl groups is 1. The number of aliphatic hydroxyl groups excluding tert-OH is 1. The van der Waals surface area contributed by atoms with Crippen molar-refractivity contribution in [3.05, 3.63) is 6.33 Å². The second-order valence-corrected chi connectivity index (χ2v) is 9.19. The number of amides is 1. The Labute approximate surface area is 157 Å². The van der Waals surface area contributed by atoms with Gasteiger partial charge in [-0.2, -0.15) is 0 Å². The van der Waals surface area contributed by atoms with E-state index in [9.17, 15) is 14.8 Å². The van der Waals surface area contributed by atoms with Crippen molar-refractivity contribution in [1.82, 2.24) is 9.97 Å². The Morgan fingerprint density at radius 3 is 3.15 bits per heavy atom. The molecular formula is C14H23BN5O6P. The number of ether oxygens (including phenoxy) is 1. The summed E-state index contributed by atoms with van der Waals surface area (Å²) < 4.78 is 16.8. The first-order chi connectivity index (χ1) is 12.9. The molecule has 4 rings (SSSR count). The second kappa shape index (κ2) is 7.12. The number of carbonyl (C=O) groups excluding carboxylic acids is 1. The molecule has 0 aliphatic carbocycles. The average Bonchev–Trinajstić information content (AvgIpc) is 3.17. The molecule has 4 heterocycles. The van der Waals surface area contributed by atoms with E-state index in [-0.39, 0.29) is 12.5 Å². The fraction of sp³-hybridized carbons (Fsp3) is 0.643. The van der Waals surface area contributed by atoms with Crippen LogP contribution in [-0.4, -0.2) is 71.3 Å². The molecule has 0 bridgehead atoms. The maximum atomic E-state index is 11.9. The molecule has 2 saturated heterocycles. The summed E-state index contributed by atoms with van der Waals surface area (Å²) in [6.07, 6.45) is -0.372. The van der Waals surface area contributed by atoms with E-state index in [1.165, 1.54) is 13.9 Å². The van der Waals surface area contributed by atoms with E-state index in [0.29, 0.717) is 30.4 Å². The molecule has 11 nitrogen and oxygen atoms in total. The third-order valence-corrected chi connectivity index (χ3v) is 6.16. The molecule has 0 aromatic carbocycles. The zero-order chi connectivity index (χ0) is 19.2. The number of aromatic nitrogens is 2. The van der Waals surface area contributed by atoms with E-state index in [1.807, 2.05) is 6.92 Å². The van der Waals surface area contributed by atoms with E-state index in [2.05, 4.69) is 20.6 Å². The number of rotatable bonds is 4. The fourth-order valence-corrected chi connectivity index (χ4v) is 4.84. The van der Waals surface area contributed by atoms with Crippen molar-refractivity contribution in [2.45, 2.75) is 44.3 Å². The molecule has 0 spiro atoms. The van der Waals surface area contributed by atoms with Crippen LogP contribution >= 0.6 is 7.82 Å². The van der Waals surface area contributed by atoms with Crippen LogP contribution in [0.3, 0.4) is 0 Å². The van der Waals surface area contributed by atoms with Crippen molar-refractivity contribution < 1.29 is 28.6 Å². The number of anilines is 3. The van der Waals surface area contributed by atoms with Crippen LogP contribution in [0.4, 0.5) is 17.3 Å². The van der Waals surface area contributed by atoms with Crippen LogP contribution in [-0.2, 0) is 18.6 Å². The molecule has 3 aliphatic heterocycles. The van der Waals surface area contributed by atoms with E-state index in [1.54, 1.807) is 4.90 Å². The summed E-state index contributed by atoms with van der Waals surface area (Å²) in [5, 5.41) is 16.6. The topological polar surface area (TPSA) is 138 Å². The molecule has 148 valence electrons. The van der Waals surface area contributed by atoms with Crippen molar-refractivity contribution in [3.63, 3.8) is 0 Å². The molecule has 3 aliphatic rings. The molecule has 2 fully saturated rings. The maximum absolute atomic E-state index is 11.9. The van der Waals surface area contributed by atoms with Crippen LogP contribution in [0.5, 0.6) is 0 Å². The zero-order valence-corrected chi connectivity index (χ0v) is 16.1. The quantitative estimate of drug-likeness (QED) is 0.366. The van der Waals surface area contributed by atoms with Crippen molar-refractivity contribution in [3.8, 4) is 0 Å². The summed E-state index contributed by atoms with van der Waals surface area (Å²) in [5.41, 5.74) is 0.575. The molecule has 3 unspecified atom stereocenters. The van der Waals surface area contributed by atoms with Crippen LogP contribution in [0.15, 0.2) is 6.33 Å². The van der Waals surface area contributed by atoms with Gasteiger partial charge in [0.25, 0.3) is 0 Å². The average molecular weight is 399 g/mol. The van der Waals surface area contributed by atoms with Gasteiger partial charge in [-0.25, -0.2) is 0 Å². The first-order valence-corrected chi connectivity index (χ1v) is 11.2. The van der Waals surface area contributed by atoms with Crippen molar-refractivity contribution in [1.29, 1.82) is 0 Å². The molecule has 4 N–H and O–H groups in total. The van der Waals surface area contributed by atoms with Gasteiger partial charge in [-0.3, -0.25) is 0 Å². The summed E-state index contributed by atoms with van der Waals surface area (Å²) in [6.45, 7) is 2.41. The molecule has 0 saturated carbocycles. The Morgan fingerprint density at radius 1 is 1.56 bits per heavy atom. The predicted molar refractivity (Wildman–Crippen MR) is 101 cm³/mol. The summed E-state index contributed by atoms with van der Waals surface area (Å²) in [6, 6.07) is 0. The Morgan fingerprint density at radius 2 is 2.37 bits per heavy atom. The van der Waals surface area contributed by atoms with Gasteiger partial charge in [-0.1, -0.05) is 6.92 Å². The number of carbonyl (C=O) groups is 1. The van der Waals surface area contributed by atoms with Gasteiger partial charge in [0.2, 0.25) is 0 Å². The number of fused-ring (bicyclic) bond motifs is 2.